The number of nitrogens with one attached hydrogen (secondary N) is 3. The number of carbonyl (C=O) groups excluding carboxylic acids is 1. The molecule has 10 heteroatoms. The number of imidazole rings is 1. The molecule has 0 aliphatic heterocycles. The summed E-state index contributed by atoms with van der Waals surface area (Å²) in [5.74, 6) is 0.830. The van der Waals surface area contributed by atoms with Crippen LogP contribution in [0.1, 0.15) is 62.8 Å². The van der Waals surface area contributed by atoms with Crippen LogP contribution in [0.4, 0.5) is 5.69 Å². The molecule has 1 aromatic carbocycles. The highest BCUT2D eigenvalue weighted by molar-refractivity contribution is 5.92. The molecule has 0 radical (unpaired) electrons. The van der Waals surface area contributed by atoms with Gasteiger partial charge in [0.15, 0.2) is 0 Å². The fraction of sp³-hybridized carbons (Fsp3) is 0.370. The van der Waals surface area contributed by atoms with Crippen molar-refractivity contribution in [2.45, 2.75) is 54.1 Å². The summed E-state index contributed by atoms with van der Waals surface area (Å²) >= 11 is 0. The van der Waals surface area contributed by atoms with Crippen molar-refractivity contribution >= 4 is 17.4 Å². The van der Waals surface area contributed by atoms with Crippen LogP contribution in [0.5, 0.6) is 11.6 Å². The Morgan fingerprint density at radius 3 is 2.30 bits per heavy atom. The Morgan fingerprint density at radius 1 is 1.16 bits per heavy atom. The number of aliphatic hydroxyl groups excluding tert-OH is 1. The molecule has 0 fully saturated rings. The van der Waals surface area contributed by atoms with Gasteiger partial charge in [-0.05, 0) is 50.3 Å². The second kappa shape index (κ2) is 16.6. The lowest BCUT2D eigenvalue weighted by Crippen LogP contribution is -2.24. The summed E-state index contributed by atoms with van der Waals surface area (Å²) in [6.45, 7) is 12.1. The molecule has 3 aromatic rings. The van der Waals surface area contributed by atoms with Crippen LogP contribution in [0.15, 0.2) is 53.5 Å². The number of H-pyrrole nitrogens is 2. The van der Waals surface area contributed by atoms with Crippen LogP contribution in [0, 0.1) is 6.92 Å². The van der Waals surface area contributed by atoms with Gasteiger partial charge in [-0.1, -0.05) is 34.1 Å². The number of rotatable bonds is 10. The lowest BCUT2D eigenvalue weighted by atomic mass is 10.2. The predicted octanol–water partition coefficient (Wildman–Crippen LogP) is 4.59. The standard InChI is InChI=1S/C22H25N5O5.C3H8.C2H6/c1-3-18(20-13(2)26-22(30)27-20)31-12-16(28)11-24-15-5-7-17(8-6-15)32-19-9-4-14(10-25-19)21(23)29;1-3-2;1-2/h3-10,16,24,28H,11-12H2,1-2H3,(H2,23,29)(H2,26,27,30);3H2,1-2H3;1-2H3/b18-3+;;. The molecule has 0 spiro atoms. The number of nitrogens with two attached hydrogens (primary N) is 1. The minimum Gasteiger partial charge on any atom is -0.489 e. The van der Waals surface area contributed by atoms with E-state index in [1.54, 1.807) is 50.3 Å². The Labute approximate surface area is 217 Å². The highest BCUT2D eigenvalue weighted by Crippen LogP contribution is 2.22. The van der Waals surface area contributed by atoms with E-state index in [9.17, 15) is 14.7 Å². The maximum atomic E-state index is 11.4. The zero-order valence-corrected chi connectivity index (χ0v) is 22.4. The summed E-state index contributed by atoms with van der Waals surface area (Å²) in [7, 11) is 0. The van der Waals surface area contributed by atoms with Crippen LogP contribution in [-0.2, 0) is 4.74 Å². The summed E-state index contributed by atoms with van der Waals surface area (Å²) in [4.78, 5) is 31.8. The fourth-order valence-corrected chi connectivity index (χ4v) is 2.85. The lowest BCUT2D eigenvalue weighted by molar-refractivity contribution is 0.0999. The number of aryl methyl sites for hydroxylation is 1. The second-order valence-corrected chi connectivity index (χ2v) is 7.66. The monoisotopic (exact) mass is 513 g/mol. The van der Waals surface area contributed by atoms with Gasteiger partial charge in [0.05, 0.1) is 5.56 Å². The molecule has 0 saturated carbocycles. The van der Waals surface area contributed by atoms with Crippen LogP contribution in [0.3, 0.4) is 0 Å². The number of aromatic amines is 2. The van der Waals surface area contributed by atoms with Crippen molar-refractivity contribution in [2.24, 2.45) is 5.73 Å². The molecule has 2 aromatic heterocycles. The second-order valence-electron chi connectivity index (χ2n) is 7.66. The molecule has 0 aliphatic rings. The molecule has 0 saturated heterocycles. The van der Waals surface area contributed by atoms with Crippen LogP contribution in [-0.4, -0.2) is 45.2 Å². The number of benzene rings is 1. The van der Waals surface area contributed by atoms with Gasteiger partial charge >= 0.3 is 5.69 Å². The van der Waals surface area contributed by atoms with Gasteiger partial charge < -0.3 is 35.6 Å². The maximum Gasteiger partial charge on any atom is 0.323 e. The van der Waals surface area contributed by atoms with Crippen LogP contribution in [0.25, 0.3) is 5.76 Å². The number of primary amides is 1. The molecule has 1 amide bonds. The molecule has 2 heterocycles. The van der Waals surface area contributed by atoms with Gasteiger partial charge in [0, 0.05) is 30.2 Å². The first kappa shape index (κ1) is 31.0. The molecule has 1 atom stereocenters. The zero-order chi connectivity index (χ0) is 27.8. The molecule has 0 aliphatic carbocycles. The minimum absolute atomic E-state index is 0.0491. The van der Waals surface area contributed by atoms with Crippen molar-refractivity contribution in [1.29, 1.82) is 0 Å². The molecule has 0 bridgehead atoms. The van der Waals surface area contributed by atoms with Crippen molar-refractivity contribution in [2.75, 3.05) is 18.5 Å². The fourth-order valence-electron chi connectivity index (χ4n) is 2.85. The number of hydrogen-bond donors (Lipinski definition) is 5. The number of aliphatic hydroxyl groups is 1. The van der Waals surface area contributed by atoms with E-state index < -0.39 is 12.0 Å². The highest BCUT2D eigenvalue weighted by Gasteiger charge is 2.12. The summed E-state index contributed by atoms with van der Waals surface area (Å²) in [5.41, 5.74) is 7.19. The smallest absolute Gasteiger partial charge is 0.323 e. The number of amides is 1. The average molecular weight is 514 g/mol. The Morgan fingerprint density at radius 2 is 1.81 bits per heavy atom. The molecule has 6 N–H and O–H groups in total. The van der Waals surface area contributed by atoms with Crippen molar-refractivity contribution in [3.05, 3.63) is 76.1 Å². The predicted molar refractivity (Wildman–Crippen MR) is 147 cm³/mol. The Kier molecular flexibility index (Phi) is 13.9. The third-order valence-corrected chi connectivity index (χ3v) is 4.49. The van der Waals surface area contributed by atoms with E-state index in [2.05, 4.69) is 34.1 Å². The summed E-state index contributed by atoms with van der Waals surface area (Å²) in [5, 5.41) is 13.3. The van der Waals surface area contributed by atoms with E-state index in [0.29, 0.717) is 34.3 Å². The molecule has 1 unspecified atom stereocenters. The number of pyridine rings is 1. The third-order valence-electron chi connectivity index (χ3n) is 4.49. The van der Waals surface area contributed by atoms with Gasteiger partial charge in [0.25, 0.3) is 0 Å². The number of nitrogens with zero attached hydrogens (tertiary/aromatic N) is 1. The molecule has 3 rings (SSSR count). The average Bonchev–Trinajstić information content (AvgIpc) is 3.23. The van der Waals surface area contributed by atoms with Gasteiger partial charge in [-0.2, -0.15) is 0 Å². The number of hydrogen-bond acceptors (Lipinski definition) is 7. The molecular formula is C27H39N5O5. The zero-order valence-electron chi connectivity index (χ0n) is 22.4. The Hall–Kier alpha value is -4.05. The first-order valence-electron chi connectivity index (χ1n) is 12.3. The van der Waals surface area contributed by atoms with E-state index in [0.717, 1.165) is 5.69 Å². The van der Waals surface area contributed by atoms with E-state index in [1.165, 1.54) is 18.7 Å². The summed E-state index contributed by atoms with van der Waals surface area (Å²) in [6.07, 6.45) is 3.55. The minimum atomic E-state index is -0.778. The van der Waals surface area contributed by atoms with Crippen molar-refractivity contribution in [3.8, 4) is 11.6 Å². The SMILES string of the molecule is C/C=C(/OCC(O)CNc1ccc(Oc2ccc(C(N)=O)cn2)cc1)c1[nH]c(=O)[nH]c1C.CC.CCC. The molecule has 37 heavy (non-hydrogen) atoms. The number of aromatic nitrogens is 3. The maximum absolute atomic E-state index is 11.4. The number of ether oxygens (including phenoxy) is 2. The van der Waals surface area contributed by atoms with E-state index >= 15 is 0 Å². The Bertz CT molecular complexity index is 1150. The first-order valence-corrected chi connectivity index (χ1v) is 12.3. The topological polar surface area (TPSA) is 155 Å². The summed E-state index contributed by atoms with van der Waals surface area (Å²) < 4.78 is 11.3. The van der Waals surface area contributed by atoms with E-state index in [4.69, 9.17) is 15.2 Å². The van der Waals surface area contributed by atoms with Gasteiger partial charge in [-0.15, -0.1) is 0 Å². The van der Waals surface area contributed by atoms with Crippen LogP contribution >= 0.6 is 0 Å². The quantitative estimate of drug-likeness (QED) is 0.248. The van der Waals surface area contributed by atoms with E-state index in [-0.39, 0.29) is 18.8 Å². The largest absolute Gasteiger partial charge is 0.489 e. The van der Waals surface area contributed by atoms with Crippen LogP contribution in [0.2, 0.25) is 0 Å². The normalized spacial score (nSPS) is 11.3. The van der Waals surface area contributed by atoms with Crippen molar-refractivity contribution < 1.29 is 19.4 Å². The number of anilines is 1. The van der Waals surface area contributed by atoms with Gasteiger partial charge in [0.2, 0.25) is 11.8 Å². The van der Waals surface area contributed by atoms with Gasteiger partial charge in [-0.25, -0.2) is 9.78 Å². The van der Waals surface area contributed by atoms with Crippen molar-refractivity contribution in [1.82, 2.24) is 15.0 Å². The Balaban J connectivity index is 0.00000127. The summed E-state index contributed by atoms with van der Waals surface area (Å²) in [6, 6.07) is 10.2. The molecular weight excluding hydrogens is 474 g/mol. The van der Waals surface area contributed by atoms with Gasteiger partial charge in [-0.3, -0.25) is 4.79 Å². The molecule has 10 nitrogen and oxygen atoms in total. The van der Waals surface area contributed by atoms with Crippen LogP contribution < -0.4 is 21.5 Å². The number of carbonyl (C=O) groups is 1. The van der Waals surface area contributed by atoms with Crippen molar-refractivity contribution in [3.63, 3.8) is 0 Å². The van der Waals surface area contributed by atoms with E-state index in [1.807, 2.05) is 13.8 Å². The number of allylic oxidation sites excluding steroid dienone is 1. The highest BCUT2D eigenvalue weighted by atomic mass is 16.5. The van der Waals surface area contributed by atoms with Gasteiger partial charge in [0.1, 0.15) is 29.9 Å². The molecule has 202 valence electrons. The third kappa shape index (κ3) is 10.6. The lowest BCUT2D eigenvalue weighted by Gasteiger charge is -2.16. The first-order chi connectivity index (χ1) is 17.8.